The summed E-state index contributed by atoms with van der Waals surface area (Å²) >= 11 is 0. The van der Waals surface area contributed by atoms with Gasteiger partial charge in [-0.25, -0.2) is 18.7 Å². The molecule has 3 aromatic heterocycles. The number of hydrogen-bond acceptors (Lipinski definition) is 8. The minimum atomic E-state index is -0.561. The molecule has 0 radical (unpaired) electrons. The van der Waals surface area contributed by atoms with Gasteiger partial charge in [-0.3, -0.25) is 4.79 Å². The van der Waals surface area contributed by atoms with Crippen molar-refractivity contribution in [1.82, 2.24) is 29.6 Å². The molecule has 1 aromatic carbocycles. The molecule has 1 N–H and O–H groups in total. The fourth-order valence-corrected chi connectivity index (χ4v) is 5.76. The van der Waals surface area contributed by atoms with E-state index in [9.17, 15) is 9.90 Å². The highest BCUT2D eigenvalue weighted by atomic mass is 19.1. The third kappa shape index (κ3) is 5.40. The van der Waals surface area contributed by atoms with Crippen LogP contribution in [0, 0.1) is 11.6 Å². The van der Waals surface area contributed by atoms with Crippen molar-refractivity contribution < 1.29 is 23.2 Å². The molecule has 5 heterocycles. The first kappa shape index (κ1) is 27.3. The summed E-state index contributed by atoms with van der Waals surface area (Å²) in [5.41, 5.74) is 1.38. The average molecular weight is 566 g/mol. The summed E-state index contributed by atoms with van der Waals surface area (Å²) in [6.07, 6.45) is 5.16. The molecule has 2 aliphatic rings. The largest absolute Gasteiger partial charge is 0.391 e. The second-order valence-electron chi connectivity index (χ2n) is 11.2. The molecule has 0 spiro atoms. The van der Waals surface area contributed by atoms with Crippen LogP contribution in [0.15, 0.2) is 35.2 Å². The molecule has 6 rings (SSSR count). The molecule has 0 aliphatic carbocycles. The minimum absolute atomic E-state index is 0.0174. The Morgan fingerprint density at radius 2 is 1.93 bits per heavy atom. The molecule has 12 heteroatoms. The number of carbonyl (C=O) groups excluding carboxylic acids is 1. The molecule has 4 aromatic rings. The van der Waals surface area contributed by atoms with Crippen molar-refractivity contribution >= 4 is 23.0 Å². The maximum absolute atomic E-state index is 15.3. The lowest BCUT2D eigenvalue weighted by Gasteiger charge is -2.31. The third-order valence-electron chi connectivity index (χ3n) is 8.06. The van der Waals surface area contributed by atoms with Gasteiger partial charge in [0.2, 0.25) is 0 Å². The Hall–Kier alpha value is -3.93. The van der Waals surface area contributed by atoms with Gasteiger partial charge in [0.05, 0.1) is 17.2 Å². The number of rotatable bonds is 6. The van der Waals surface area contributed by atoms with Gasteiger partial charge in [0, 0.05) is 56.3 Å². The maximum atomic E-state index is 15.3. The number of nitrogens with zero attached hydrogens (tertiary/aromatic N) is 7. The Kier molecular flexibility index (Phi) is 7.41. The number of fused-ring (bicyclic) bond motifs is 1. The zero-order chi connectivity index (χ0) is 28.7. The van der Waals surface area contributed by atoms with Gasteiger partial charge in [0.1, 0.15) is 17.8 Å². The second-order valence-corrected chi connectivity index (χ2v) is 11.2. The van der Waals surface area contributed by atoms with Gasteiger partial charge in [-0.05, 0) is 43.4 Å². The summed E-state index contributed by atoms with van der Waals surface area (Å²) in [6.45, 7) is 6.15. The van der Waals surface area contributed by atoms with Gasteiger partial charge in [0.25, 0.3) is 5.91 Å². The normalized spacial score (nSPS) is 18.5. The van der Waals surface area contributed by atoms with Crippen molar-refractivity contribution in [3.8, 4) is 0 Å². The third-order valence-corrected chi connectivity index (χ3v) is 8.06. The highest BCUT2D eigenvalue weighted by Crippen LogP contribution is 2.32. The van der Waals surface area contributed by atoms with Crippen LogP contribution in [0.5, 0.6) is 0 Å². The van der Waals surface area contributed by atoms with E-state index in [2.05, 4.69) is 20.1 Å². The molecule has 10 nitrogen and oxygen atoms in total. The lowest BCUT2D eigenvalue weighted by Crippen LogP contribution is -2.42. The highest BCUT2D eigenvalue weighted by molar-refractivity contribution is 5.94. The van der Waals surface area contributed by atoms with Gasteiger partial charge in [-0.1, -0.05) is 25.1 Å². The van der Waals surface area contributed by atoms with Crippen LogP contribution in [0.25, 0.3) is 11.0 Å². The molecular formula is C29H33F2N7O3. The van der Waals surface area contributed by atoms with Crippen LogP contribution in [0.4, 0.5) is 14.8 Å². The number of aromatic nitrogens is 5. The van der Waals surface area contributed by atoms with Crippen molar-refractivity contribution in [3.05, 3.63) is 65.0 Å². The number of β-amino-alcohol motifs (C(OH)–C–C–N with tert-alkyl or cyclic N) is 1. The Bertz CT molecular complexity index is 1560. The fourth-order valence-electron chi connectivity index (χ4n) is 5.76. The first-order valence-corrected chi connectivity index (χ1v) is 14.1. The molecule has 216 valence electrons. The molecule has 1 amide bonds. The number of amides is 1. The highest BCUT2D eigenvalue weighted by Gasteiger charge is 2.28. The molecule has 41 heavy (non-hydrogen) atoms. The predicted octanol–water partition coefficient (Wildman–Crippen LogP) is 4.25. The van der Waals surface area contributed by atoms with Crippen LogP contribution in [0.1, 0.15) is 78.9 Å². The average Bonchev–Trinajstić information content (AvgIpc) is 3.60. The molecule has 0 saturated carbocycles. The van der Waals surface area contributed by atoms with E-state index in [0.717, 1.165) is 12.8 Å². The SMILES string of the molecule is CC(C)c1noc(N2CCC(n3cc(F)c4c(Cc5ccc(C(=O)N6CCC[C@@H](O)C6)cc5F)ncnc43)CC2)n1. The van der Waals surface area contributed by atoms with Gasteiger partial charge < -0.3 is 24.0 Å². The monoisotopic (exact) mass is 565 g/mol. The number of anilines is 1. The lowest BCUT2D eigenvalue weighted by molar-refractivity contribution is 0.0473. The first-order chi connectivity index (χ1) is 19.8. The van der Waals surface area contributed by atoms with E-state index in [1.807, 2.05) is 23.3 Å². The molecule has 0 bridgehead atoms. The summed E-state index contributed by atoms with van der Waals surface area (Å²) in [4.78, 5) is 29.6. The summed E-state index contributed by atoms with van der Waals surface area (Å²) in [7, 11) is 0. The predicted molar refractivity (Wildman–Crippen MR) is 147 cm³/mol. The smallest absolute Gasteiger partial charge is 0.324 e. The number of aliphatic hydroxyl groups is 1. The Labute approximate surface area is 236 Å². The molecule has 2 aliphatic heterocycles. The zero-order valence-corrected chi connectivity index (χ0v) is 23.1. The van der Waals surface area contributed by atoms with Crippen molar-refractivity contribution in [2.75, 3.05) is 31.1 Å². The number of carbonyl (C=O) groups is 1. The number of benzene rings is 1. The van der Waals surface area contributed by atoms with Gasteiger partial charge >= 0.3 is 6.01 Å². The van der Waals surface area contributed by atoms with Crippen LogP contribution in [-0.2, 0) is 6.42 Å². The summed E-state index contributed by atoms with van der Waals surface area (Å²) in [5, 5.41) is 14.2. The number of likely N-dealkylation sites (tertiary alicyclic amines) is 1. The molecule has 0 unspecified atom stereocenters. The number of aliphatic hydroxyl groups excluding tert-OH is 1. The Balaban J connectivity index is 1.18. The van der Waals surface area contributed by atoms with E-state index in [1.165, 1.54) is 18.6 Å². The van der Waals surface area contributed by atoms with Crippen LogP contribution < -0.4 is 4.90 Å². The van der Waals surface area contributed by atoms with Crippen molar-refractivity contribution in [1.29, 1.82) is 0 Å². The Morgan fingerprint density at radius 3 is 2.63 bits per heavy atom. The van der Waals surface area contributed by atoms with Crippen LogP contribution in [-0.4, -0.2) is 72.9 Å². The number of piperidine rings is 2. The van der Waals surface area contributed by atoms with Crippen LogP contribution in [0.2, 0.25) is 0 Å². The fraction of sp³-hybridized carbons (Fsp3) is 0.483. The Morgan fingerprint density at radius 1 is 1.12 bits per heavy atom. The van der Waals surface area contributed by atoms with Crippen molar-refractivity contribution in [3.63, 3.8) is 0 Å². The number of halogens is 2. The van der Waals surface area contributed by atoms with Gasteiger partial charge in [-0.15, -0.1) is 0 Å². The maximum Gasteiger partial charge on any atom is 0.324 e. The second kappa shape index (κ2) is 11.2. The molecule has 2 fully saturated rings. The minimum Gasteiger partial charge on any atom is -0.391 e. The molecule has 2 saturated heterocycles. The lowest BCUT2D eigenvalue weighted by atomic mass is 10.0. The van der Waals surface area contributed by atoms with Crippen molar-refractivity contribution in [2.45, 2.75) is 64.0 Å². The summed E-state index contributed by atoms with van der Waals surface area (Å²) in [6, 6.07) is 4.85. The van der Waals surface area contributed by atoms with E-state index in [4.69, 9.17) is 4.52 Å². The van der Waals surface area contributed by atoms with Gasteiger partial charge in [-0.2, -0.15) is 4.98 Å². The van der Waals surface area contributed by atoms with E-state index in [1.54, 1.807) is 17.0 Å². The van der Waals surface area contributed by atoms with E-state index >= 15 is 8.78 Å². The van der Waals surface area contributed by atoms with Crippen LogP contribution in [0.3, 0.4) is 0 Å². The van der Waals surface area contributed by atoms with E-state index < -0.39 is 17.7 Å². The van der Waals surface area contributed by atoms with E-state index in [-0.39, 0.29) is 41.8 Å². The zero-order valence-electron chi connectivity index (χ0n) is 23.1. The standard InChI is InChI=1S/C29H33F2N7O3/c1-17(2)26-34-29(41-35-26)36-10-7-20(8-11-36)38-15-23(31)25-24(32-16-33-27(25)38)13-18-5-6-19(12-22(18)30)28(40)37-9-3-4-21(39)14-37/h5-6,12,15-17,20-21,39H,3-4,7-11,13-14H2,1-2H3/t21-/m1/s1. The molecular weight excluding hydrogens is 532 g/mol. The van der Waals surface area contributed by atoms with Crippen LogP contribution >= 0.6 is 0 Å². The summed E-state index contributed by atoms with van der Waals surface area (Å²) in [5.74, 6) is -0.477. The van der Waals surface area contributed by atoms with E-state index in [0.29, 0.717) is 61.2 Å². The first-order valence-electron chi connectivity index (χ1n) is 14.1. The number of hydrogen-bond donors (Lipinski definition) is 1. The topological polar surface area (TPSA) is 113 Å². The quantitative estimate of drug-likeness (QED) is 0.369. The van der Waals surface area contributed by atoms with Gasteiger partial charge in [0.15, 0.2) is 11.6 Å². The molecule has 1 atom stereocenters. The summed E-state index contributed by atoms with van der Waals surface area (Å²) < 4.78 is 37.8. The van der Waals surface area contributed by atoms with Crippen molar-refractivity contribution in [2.24, 2.45) is 0 Å².